The van der Waals surface area contributed by atoms with Gasteiger partial charge in [0.2, 0.25) is 0 Å². The Bertz CT molecular complexity index is 1960. The monoisotopic (exact) mass is 726 g/mol. The van der Waals surface area contributed by atoms with Crippen molar-refractivity contribution in [2.75, 3.05) is 10.6 Å². The average molecular weight is 727 g/mol. The van der Waals surface area contributed by atoms with Crippen LogP contribution in [0.2, 0.25) is 0 Å². The van der Waals surface area contributed by atoms with Crippen molar-refractivity contribution in [1.82, 2.24) is 9.97 Å². The molecule has 5 atom stereocenters. The van der Waals surface area contributed by atoms with Gasteiger partial charge >= 0.3 is 0 Å². The maximum Gasteiger partial charge on any atom is 0.160 e. The second kappa shape index (κ2) is 11.3. The minimum Gasteiger partial charge on any atom is -0.327 e. The van der Waals surface area contributed by atoms with E-state index in [-0.39, 0.29) is 0 Å². The first-order chi connectivity index (χ1) is 22.2. The number of aliphatic imine (C=N–C) groups is 4. The molecule has 2 aliphatic carbocycles. The highest BCUT2D eigenvalue weighted by Crippen LogP contribution is 2.45. The van der Waals surface area contributed by atoms with Gasteiger partial charge in [-0.1, -0.05) is 72.2 Å². The minimum atomic E-state index is 0.340. The summed E-state index contributed by atoms with van der Waals surface area (Å²) >= 11 is 2.48. The molecule has 3 aliphatic heterocycles. The van der Waals surface area contributed by atoms with Crippen LogP contribution >= 0.6 is 22.6 Å². The van der Waals surface area contributed by atoms with Crippen molar-refractivity contribution in [2.24, 2.45) is 49.6 Å². The Morgan fingerprint density at radius 2 is 1.46 bits per heavy atom. The molecule has 4 N–H and O–H groups in total. The normalized spacial score (nSPS) is 27.1. The van der Waals surface area contributed by atoms with Gasteiger partial charge in [0.25, 0.3) is 0 Å². The lowest BCUT2D eigenvalue weighted by atomic mass is 9.71. The van der Waals surface area contributed by atoms with E-state index in [1.165, 1.54) is 31.4 Å². The number of halogens is 1. The predicted octanol–water partition coefficient (Wildman–Crippen LogP) is 9.84. The average Bonchev–Trinajstić information content (AvgIpc) is 3.75. The first kappa shape index (κ1) is 29.9. The summed E-state index contributed by atoms with van der Waals surface area (Å²) in [5.41, 5.74) is 6.30. The molecule has 8 rings (SSSR count). The third-order valence-corrected chi connectivity index (χ3v) is 12.6. The summed E-state index contributed by atoms with van der Waals surface area (Å²) in [6, 6.07) is 8.51. The molecular weight excluding hydrogens is 683 g/mol. The van der Waals surface area contributed by atoms with Crippen molar-refractivity contribution in [3.05, 3.63) is 55.7 Å². The highest BCUT2D eigenvalue weighted by atomic mass is 127. The molecular formula is C37H43IN8. The Labute approximate surface area is 284 Å². The SMILES string of the molecule is CCCCc1c2[nH]c(c1I)Nc1[nH]c(c3ccccc13)NC1=NC(=NC3=NC(=N2)C2=C3[C@H](C)[C@H](C)CC2)C2=C1C[C@H](C)[C@H](C)[C@@H]2C. The number of benzene rings is 1. The maximum atomic E-state index is 5.39. The molecule has 0 amide bonds. The van der Waals surface area contributed by atoms with Crippen LogP contribution in [-0.4, -0.2) is 33.3 Å². The fourth-order valence-electron chi connectivity index (χ4n) is 8.02. The molecule has 46 heavy (non-hydrogen) atoms. The minimum absolute atomic E-state index is 0.340. The number of H-pyrrole nitrogens is 2. The van der Waals surface area contributed by atoms with Crippen LogP contribution in [0.3, 0.4) is 0 Å². The van der Waals surface area contributed by atoms with Crippen LogP contribution in [0.15, 0.2) is 66.5 Å². The van der Waals surface area contributed by atoms with E-state index in [0.29, 0.717) is 29.6 Å². The van der Waals surface area contributed by atoms with Gasteiger partial charge in [-0.2, -0.15) is 0 Å². The molecule has 0 unspecified atom stereocenters. The maximum absolute atomic E-state index is 5.39. The lowest BCUT2D eigenvalue weighted by molar-refractivity contribution is 0.295. The van der Waals surface area contributed by atoms with Crippen molar-refractivity contribution < 1.29 is 0 Å². The molecule has 5 heterocycles. The van der Waals surface area contributed by atoms with E-state index in [4.69, 9.17) is 20.0 Å². The number of fused-ring (bicyclic) bond motifs is 13. The van der Waals surface area contributed by atoms with Crippen LogP contribution in [-0.2, 0) is 6.42 Å². The zero-order valence-electron chi connectivity index (χ0n) is 27.6. The van der Waals surface area contributed by atoms with E-state index < -0.39 is 0 Å². The molecule has 238 valence electrons. The van der Waals surface area contributed by atoms with E-state index in [0.717, 1.165) is 95.9 Å². The van der Waals surface area contributed by atoms with E-state index in [9.17, 15) is 0 Å². The third kappa shape index (κ3) is 4.66. The molecule has 8 nitrogen and oxygen atoms in total. The van der Waals surface area contributed by atoms with Gasteiger partial charge in [0.15, 0.2) is 17.5 Å². The van der Waals surface area contributed by atoms with Crippen LogP contribution in [0.25, 0.3) is 10.8 Å². The van der Waals surface area contributed by atoms with Gasteiger partial charge in [-0.3, -0.25) is 0 Å². The number of aromatic amines is 2. The van der Waals surface area contributed by atoms with Gasteiger partial charge in [-0.05, 0) is 84.3 Å². The second-order valence-electron chi connectivity index (χ2n) is 14.1. The summed E-state index contributed by atoms with van der Waals surface area (Å²) in [5, 5.41) is 9.74. The predicted molar refractivity (Wildman–Crippen MR) is 200 cm³/mol. The lowest BCUT2D eigenvalue weighted by Gasteiger charge is -2.33. The largest absolute Gasteiger partial charge is 0.327 e. The first-order valence-corrected chi connectivity index (χ1v) is 18.2. The van der Waals surface area contributed by atoms with E-state index in [1.54, 1.807) is 0 Å². The molecule has 0 saturated heterocycles. The van der Waals surface area contributed by atoms with E-state index in [1.807, 2.05) is 0 Å². The number of nitrogens with one attached hydrogen (secondary N) is 4. The van der Waals surface area contributed by atoms with Crippen molar-refractivity contribution >= 4 is 80.0 Å². The Morgan fingerprint density at radius 3 is 2.22 bits per heavy atom. The van der Waals surface area contributed by atoms with Crippen LogP contribution in [0.4, 0.5) is 23.3 Å². The Kier molecular flexibility index (Phi) is 7.38. The topological polar surface area (TPSA) is 105 Å². The highest BCUT2D eigenvalue weighted by Gasteiger charge is 2.41. The fourth-order valence-corrected chi connectivity index (χ4v) is 8.81. The summed E-state index contributed by atoms with van der Waals surface area (Å²) in [4.78, 5) is 28.6. The number of anilines is 3. The zero-order chi connectivity index (χ0) is 31.9. The van der Waals surface area contributed by atoms with Gasteiger partial charge in [0.05, 0.1) is 3.57 Å². The summed E-state index contributed by atoms with van der Waals surface area (Å²) in [6.07, 6.45) is 6.25. The number of nitrogens with zero attached hydrogens (tertiary/aromatic N) is 4. The molecule has 0 spiro atoms. The molecule has 3 aromatic rings. The fraction of sp³-hybridized carbons (Fsp3) is 0.459. The second-order valence-corrected chi connectivity index (χ2v) is 15.2. The van der Waals surface area contributed by atoms with Gasteiger partial charge in [-0.15, -0.1) is 0 Å². The van der Waals surface area contributed by atoms with Crippen molar-refractivity contribution in [3.8, 4) is 0 Å². The summed E-state index contributed by atoms with van der Waals surface area (Å²) in [5.74, 6) is 9.36. The Morgan fingerprint density at radius 1 is 0.761 bits per heavy atom. The smallest absolute Gasteiger partial charge is 0.160 e. The number of hydrogen-bond acceptors (Lipinski definition) is 6. The van der Waals surface area contributed by atoms with Gasteiger partial charge in [0.1, 0.15) is 29.1 Å². The molecule has 0 radical (unpaired) electrons. The quantitative estimate of drug-likeness (QED) is 0.202. The van der Waals surface area contributed by atoms with Crippen LogP contribution in [0, 0.1) is 33.2 Å². The first-order valence-electron chi connectivity index (χ1n) is 17.1. The number of unbranched alkanes of at least 4 members (excludes halogenated alkanes) is 1. The summed E-state index contributed by atoms with van der Waals surface area (Å²) in [6.45, 7) is 14.0. The summed E-state index contributed by atoms with van der Waals surface area (Å²) in [7, 11) is 0. The molecule has 2 aromatic heterocycles. The highest BCUT2D eigenvalue weighted by molar-refractivity contribution is 14.1. The van der Waals surface area contributed by atoms with E-state index >= 15 is 0 Å². The van der Waals surface area contributed by atoms with Crippen molar-refractivity contribution in [3.63, 3.8) is 0 Å². The molecule has 1 aromatic carbocycles. The lowest BCUT2D eigenvalue weighted by Crippen LogP contribution is -2.29. The Hall–Kier alpha value is -3.47. The number of aromatic nitrogens is 2. The van der Waals surface area contributed by atoms with E-state index in [2.05, 4.69) is 109 Å². The van der Waals surface area contributed by atoms with Gasteiger partial charge in [0, 0.05) is 38.6 Å². The van der Waals surface area contributed by atoms with Crippen molar-refractivity contribution in [2.45, 2.75) is 80.1 Å². The molecule has 9 heteroatoms. The molecule has 0 fully saturated rings. The number of hydrogen-bond donors (Lipinski definition) is 4. The third-order valence-electron chi connectivity index (χ3n) is 11.4. The standard InChI is InChI=1S/C37H43IN8/c1-7-8-11-25-29(38)37-44-31-23-13-10-9-12-22(23)30(39-31)40-34-26-16-18(3)19(4)21(6)28(26)36(43-34)46-35-27-20(5)17(2)14-15-24(27)32(42-35)41-33(25)45-37/h9-10,12-13,17-21,39,44-45H,7-8,11,14-16H2,1-6H3,(H,40,41,42,43,46)/t17-,18+,19+,20-,21+/m1/s1. The molecule has 5 aliphatic rings. The van der Waals surface area contributed by atoms with Gasteiger partial charge in [-0.25, -0.2) is 20.0 Å². The van der Waals surface area contributed by atoms with Crippen LogP contribution in [0.1, 0.15) is 79.2 Å². The van der Waals surface area contributed by atoms with Crippen LogP contribution < -0.4 is 10.6 Å². The van der Waals surface area contributed by atoms with Gasteiger partial charge < -0.3 is 20.6 Å². The summed E-state index contributed by atoms with van der Waals surface area (Å²) < 4.78 is 1.17. The molecule has 0 saturated carbocycles. The Balaban J connectivity index is 1.39. The number of rotatable bonds is 3. The van der Waals surface area contributed by atoms with Crippen molar-refractivity contribution in [1.29, 1.82) is 0 Å². The number of amidine groups is 4. The van der Waals surface area contributed by atoms with Crippen LogP contribution in [0.5, 0.6) is 0 Å². The molecule has 8 bridgehead atoms. The zero-order valence-corrected chi connectivity index (χ0v) is 29.8.